The van der Waals surface area contributed by atoms with Gasteiger partial charge in [0.05, 0.1) is 16.7 Å². The Kier molecular flexibility index (Phi) is 11.5. The van der Waals surface area contributed by atoms with E-state index in [0.717, 1.165) is 19.3 Å². The van der Waals surface area contributed by atoms with E-state index in [-0.39, 0.29) is 0 Å². The van der Waals surface area contributed by atoms with Crippen molar-refractivity contribution in [1.29, 1.82) is 0 Å². The molecule has 0 heterocycles. The van der Waals surface area contributed by atoms with Gasteiger partial charge in [0.1, 0.15) is 0 Å². The number of carbonyl (C=O) groups is 3. The predicted molar refractivity (Wildman–Crippen MR) is 112 cm³/mol. The zero-order valence-electron chi connectivity index (χ0n) is 17.2. The summed E-state index contributed by atoms with van der Waals surface area (Å²) in [6.07, 6.45) is 13.4. The van der Waals surface area contributed by atoms with Crippen LogP contribution in [0.15, 0.2) is 12.1 Å². The maximum Gasteiger partial charge on any atom is 0.337 e. The van der Waals surface area contributed by atoms with Gasteiger partial charge in [-0.1, -0.05) is 71.1 Å². The van der Waals surface area contributed by atoms with E-state index in [1.807, 2.05) is 0 Å². The average molecular weight is 408 g/mol. The second-order valence-corrected chi connectivity index (χ2v) is 7.32. The van der Waals surface area contributed by atoms with E-state index < -0.39 is 34.6 Å². The van der Waals surface area contributed by atoms with Crippen molar-refractivity contribution >= 4 is 23.6 Å². The Morgan fingerprint density at radius 1 is 0.690 bits per heavy atom. The highest BCUT2D eigenvalue weighted by atomic mass is 16.4. The van der Waals surface area contributed by atoms with Gasteiger partial charge in [-0.15, -0.1) is 0 Å². The fourth-order valence-corrected chi connectivity index (χ4v) is 3.33. The first-order valence-corrected chi connectivity index (χ1v) is 10.5. The topological polar surface area (TPSA) is 124 Å². The lowest BCUT2D eigenvalue weighted by atomic mass is 9.99. The molecule has 1 rings (SSSR count). The van der Waals surface area contributed by atoms with Crippen LogP contribution in [0.1, 0.15) is 109 Å². The highest BCUT2D eigenvalue weighted by molar-refractivity contribution is 6.10. The molecule has 0 aliphatic rings. The van der Waals surface area contributed by atoms with Crippen LogP contribution in [0.3, 0.4) is 0 Å². The van der Waals surface area contributed by atoms with Crippen molar-refractivity contribution in [1.82, 2.24) is 0 Å². The molecule has 0 saturated carbocycles. The van der Waals surface area contributed by atoms with Crippen molar-refractivity contribution in [3.05, 3.63) is 28.8 Å². The maximum absolute atomic E-state index is 11.3. The smallest absolute Gasteiger partial charge is 0.337 e. The Morgan fingerprint density at radius 3 is 1.48 bits per heavy atom. The summed E-state index contributed by atoms with van der Waals surface area (Å²) in [5.74, 6) is -4.51. The Bertz CT molecular complexity index is 651. The summed E-state index contributed by atoms with van der Waals surface area (Å²) in [6, 6.07) is 2.35. The average Bonchev–Trinajstić information content (AvgIpc) is 2.67. The molecular formula is C22H33NO6. The molecular weight excluding hydrogens is 374 g/mol. The molecule has 0 radical (unpaired) electrons. The van der Waals surface area contributed by atoms with E-state index >= 15 is 0 Å². The minimum Gasteiger partial charge on any atom is -0.478 e. The van der Waals surface area contributed by atoms with Crippen molar-refractivity contribution in [3.8, 4) is 0 Å². The summed E-state index contributed by atoms with van der Waals surface area (Å²) in [5, 5.41) is 30.7. The lowest BCUT2D eigenvalue weighted by Gasteiger charge is -2.12. The number of carboxylic acids is 3. The number of benzene rings is 1. The minimum atomic E-state index is -1.57. The van der Waals surface area contributed by atoms with E-state index in [9.17, 15) is 29.7 Å². The molecule has 0 fully saturated rings. The molecule has 0 saturated heterocycles. The molecule has 0 aliphatic heterocycles. The van der Waals surface area contributed by atoms with Gasteiger partial charge in [0, 0.05) is 12.2 Å². The number of unbranched alkanes of at least 4 members (excludes halogenated alkanes) is 10. The Labute approximate surface area is 172 Å². The van der Waals surface area contributed by atoms with Gasteiger partial charge in [-0.3, -0.25) is 0 Å². The molecule has 0 aromatic heterocycles. The second kappa shape index (κ2) is 13.6. The van der Waals surface area contributed by atoms with Gasteiger partial charge < -0.3 is 20.6 Å². The van der Waals surface area contributed by atoms with Crippen LogP contribution in [-0.2, 0) is 0 Å². The van der Waals surface area contributed by atoms with Crippen LogP contribution in [0.2, 0.25) is 0 Å². The third kappa shape index (κ3) is 8.98. The van der Waals surface area contributed by atoms with Gasteiger partial charge in [0.25, 0.3) is 0 Å². The van der Waals surface area contributed by atoms with Gasteiger partial charge in [-0.2, -0.15) is 0 Å². The van der Waals surface area contributed by atoms with Crippen LogP contribution in [0.25, 0.3) is 0 Å². The lowest BCUT2D eigenvalue weighted by molar-refractivity contribution is 0.0633. The molecule has 7 heteroatoms. The number of anilines is 1. The highest BCUT2D eigenvalue weighted by Crippen LogP contribution is 2.22. The van der Waals surface area contributed by atoms with Crippen LogP contribution < -0.4 is 5.32 Å². The molecule has 0 atom stereocenters. The molecule has 0 amide bonds. The van der Waals surface area contributed by atoms with Crippen molar-refractivity contribution < 1.29 is 29.7 Å². The summed E-state index contributed by atoms with van der Waals surface area (Å²) < 4.78 is 0. The molecule has 162 valence electrons. The van der Waals surface area contributed by atoms with Crippen molar-refractivity contribution in [2.24, 2.45) is 0 Å². The molecule has 0 spiro atoms. The SMILES string of the molecule is CCCCCCCCCCCCCNc1cc(C(=O)O)c(C(=O)O)c(C(=O)O)c1. The quantitative estimate of drug-likeness (QED) is 0.267. The van der Waals surface area contributed by atoms with E-state index in [0.29, 0.717) is 12.2 Å². The van der Waals surface area contributed by atoms with E-state index in [4.69, 9.17) is 0 Å². The van der Waals surface area contributed by atoms with Crippen molar-refractivity contribution in [3.63, 3.8) is 0 Å². The molecule has 29 heavy (non-hydrogen) atoms. The molecule has 0 aliphatic carbocycles. The van der Waals surface area contributed by atoms with E-state index in [2.05, 4.69) is 12.2 Å². The van der Waals surface area contributed by atoms with Crippen LogP contribution in [-0.4, -0.2) is 39.8 Å². The fourth-order valence-electron chi connectivity index (χ4n) is 3.33. The Hall–Kier alpha value is -2.57. The van der Waals surface area contributed by atoms with Crippen LogP contribution in [0.4, 0.5) is 5.69 Å². The van der Waals surface area contributed by atoms with Gasteiger partial charge >= 0.3 is 17.9 Å². The molecule has 1 aromatic rings. The number of aromatic carboxylic acids is 3. The first-order valence-electron chi connectivity index (χ1n) is 10.5. The van der Waals surface area contributed by atoms with Gasteiger partial charge in [0.2, 0.25) is 0 Å². The number of hydrogen-bond acceptors (Lipinski definition) is 4. The highest BCUT2D eigenvalue weighted by Gasteiger charge is 2.25. The molecule has 0 bridgehead atoms. The Balaban J connectivity index is 2.40. The van der Waals surface area contributed by atoms with E-state index in [1.54, 1.807) is 0 Å². The van der Waals surface area contributed by atoms with Crippen molar-refractivity contribution in [2.45, 2.75) is 77.6 Å². The molecule has 0 unspecified atom stereocenters. The largest absolute Gasteiger partial charge is 0.478 e. The second-order valence-electron chi connectivity index (χ2n) is 7.32. The van der Waals surface area contributed by atoms with Gasteiger partial charge in [-0.05, 0) is 18.6 Å². The standard InChI is InChI=1S/C22H33NO6/c1-2-3-4-5-6-7-8-9-10-11-12-13-23-16-14-17(20(24)25)19(22(28)29)18(15-16)21(26)27/h14-15,23H,2-13H2,1H3,(H,24,25)(H,26,27)(H,28,29). The van der Waals surface area contributed by atoms with Crippen LogP contribution >= 0.6 is 0 Å². The first-order chi connectivity index (χ1) is 13.9. The third-order valence-corrected chi connectivity index (χ3v) is 4.92. The summed E-state index contributed by atoms with van der Waals surface area (Å²) in [6.45, 7) is 2.79. The zero-order valence-corrected chi connectivity index (χ0v) is 17.2. The van der Waals surface area contributed by atoms with Crippen LogP contribution in [0.5, 0.6) is 0 Å². The monoisotopic (exact) mass is 407 g/mol. The fraction of sp³-hybridized carbons (Fsp3) is 0.591. The van der Waals surface area contributed by atoms with Crippen LogP contribution in [0, 0.1) is 0 Å². The molecule has 4 N–H and O–H groups in total. The number of carboxylic acid groups (broad SMARTS) is 3. The molecule has 7 nitrogen and oxygen atoms in total. The summed E-state index contributed by atoms with van der Waals surface area (Å²) >= 11 is 0. The third-order valence-electron chi connectivity index (χ3n) is 4.92. The summed E-state index contributed by atoms with van der Waals surface area (Å²) in [5.41, 5.74) is -1.46. The number of rotatable bonds is 16. The van der Waals surface area contributed by atoms with Crippen molar-refractivity contribution in [2.75, 3.05) is 11.9 Å². The first kappa shape index (κ1) is 24.5. The maximum atomic E-state index is 11.3. The van der Waals surface area contributed by atoms with Gasteiger partial charge in [0.15, 0.2) is 0 Å². The minimum absolute atomic E-state index is 0.303. The lowest BCUT2D eigenvalue weighted by Crippen LogP contribution is -2.16. The van der Waals surface area contributed by atoms with E-state index in [1.165, 1.54) is 63.5 Å². The normalized spacial score (nSPS) is 10.7. The van der Waals surface area contributed by atoms with Gasteiger partial charge in [-0.25, -0.2) is 14.4 Å². The predicted octanol–water partition coefficient (Wildman–Crippen LogP) is 5.50. The molecule has 1 aromatic carbocycles. The summed E-state index contributed by atoms with van der Waals surface area (Å²) in [7, 11) is 0. The number of hydrogen-bond donors (Lipinski definition) is 4. The zero-order chi connectivity index (χ0) is 21.6. The number of nitrogens with one attached hydrogen (secondary N) is 1. The summed E-state index contributed by atoms with van der Waals surface area (Å²) in [4.78, 5) is 34.0. The Morgan fingerprint density at radius 2 is 1.10 bits per heavy atom.